The quantitative estimate of drug-likeness (QED) is 0.243. The molecule has 0 bridgehead atoms. The fourth-order valence-electron chi connectivity index (χ4n) is 3.82. The third kappa shape index (κ3) is 4.12. The highest BCUT2D eigenvalue weighted by Gasteiger charge is 2.24. The Balaban J connectivity index is 1.52. The maximum atomic E-state index is 13.6. The molecule has 1 aliphatic carbocycles. The molecule has 5 rings (SSSR count). The van der Waals surface area contributed by atoms with E-state index in [2.05, 4.69) is 21.2 Å². The van der Waals surface area contributed by atoms with E-state index in [4.69, 9.17) is 16.6 Å². The van der Waals surface area contributed by atoms with Crippen molar-refractivity contribution in [3.05, 3.63) is 78.8 Å². The Labute approximate surface area is 206 Å². The maximum Gasteiger partial charge on any atom is 0.267 e. The summed E-state index contributed by atoms with van der Waals surface area (Å²) < 4.78 is 2.41. The zero-order valence-electron chi connectivity index (χ0n) is 16.7. The molecule has 0 atom stereocenters. The van der Waals surface area contributed by atoms with Crippen LogP contribution in [0.1, 0.15) is 16.9 Å². The Hall–Kier alpha value is -2.13. The van der Waals surface area contributed by atoms with Crippen LogP contribution in [0.2, 0.25) is 5.02 Å². The van der Waals surface area contributed by atoms with Gasteiger partial charge in [-0.15, -0.1) is 11.3 Å². The van der Waals surface area contributed by atoms with Crippen LogP contribution >= 0.6 is 50.6 Å². The molecule has 0 radical (unpaired) electrons. The lowest BCUT2D eigenvalue weighted by Gasteiger charge is -2.13. The van der Waals surface area contributed by atoms with E-state index in [1.54, 1.807) is 40.2 Å². The van der Waals surface area contributed by atoms with E-state index >= 15 is 0 Å². The minimum Gasteiger partial charge on any atom is -0.324 e. The highest BCUT2D eigenvalue weighted by atomic mass is 79.9. The van der Waals surface area contributed by atoms with Gasteiger partial charge in [-0.1, -0.05) is 35.5 Å². The number of para-hydroxylation sites is 1. The molecular weight excluding hydrogens is 530 g/mol. The van der Waals surface area contributed by atoms with Crippen LogP contribution in [0.25, 0.3) is 15.9 Å². The molecule has 2 aromatic carbocycles. The summed E-state index contributed by atoms with van der Waals surface area (Å²) in [6.45, 7) is 0. The number of anilines is 1. The van der Waals surface area contributed by atoms with E-state index in [1.165, 1.54) is 16.6 Å². The first kappa shape index (κ1) is 21.7. The van der Waals surface area contributed by atoms with Gasteiger partial charge >= 0.3 is 0 Å². The molecule has 0 fully saturated rings. The minimum absolute atomic E-state index is 0.0922. The first-order valence-electron chi connectivity index (χ1n) is 10.0. The number of benzene rings is 2. The van der Waals surface area contributed by atoms with Crippen molar-refractivity contribution in [3.63, 3.8) is 0 Å². The number of carbonyl (C=O) groups excluding carboxylic acids is 1. The van der Waals surface area contributed by atoms with Crippen LogP contribution in [0, 0.1) is 0 Å². The second-order valence-corrected chi connectivity index (χ2v) is 10.7. The number of nitrogens with zero attached hydrogens (tertiary/aromatic N) is 2. The van der Waals surface area contributed by atoms with Crippen molar-refractivity contribution >= 4 is 72.4 Å². The average molecular weight is 547 g/mol. The van der Waals surface area contributed by atoms with Gasteiger partial charge in [0.25, 0.3) is 5.56 Å². The number of hydrogen-bond donors (Lipinski definition) is 1. The van der Waals surface area contributed by atoms with Gasteiger partial charge in [-0.25, -0.2) is 4.98 Å². The second-order valence-electron chi connectivity index (χ2n) is 7.37. The molecule has 1 N–H and O–H groups in total. The van der Waals surface area contributed by atoms with Crippen LogP contribution in [-0.4, -0.2) is 21.2 Å². The number of nitrogens with one attached hydrogen (secondary N) is 1. The molecule has 0 saturated heterocycles. The maximum absolute atomic E-state index is 13.6. The van der Waals surface area contributed by atoms with Crippen LogP contribution in [0.5, 0.6) is 0 Å². The largest absolute Gasteiger partial charge is 0.324 e. The van der Waals surface area contributed by atoms with Crippen molar-refractivity contribution in [2.45, 2.75) is 24.4 Å². The fourth-order valence-corrected chi connectivity index (χ4v) is 6.44. The summed E-state index contributed by atoms with van der Waals surface area (Å²) in [5.74, 6) is -0.0506. The highest BCUT2D eigenvalue weighted by Crippen LogP contribution is 2.36. The summed E-state index contributed by atoms with van der Waals surface area (Å²) in [5, 5.41) is 4.69. The van der Waals surface area contributed by atoms with E-state index < -0.39 is 0 Å². The van der Waals surface area contributed by atoms with Crippen molar-refractivity contribution in [3.8, 4) is 5.69 Å². The van der Waals surface area contributed by atoms with Gasteiger partial charge in [0.1, 0.15) is 4.83 Å². The summed E-state index contributed by atoms with van der Waals surface area (Å²) in [6, 6.07) is 14.5. The SMILES string of the molecule is O=C(CSc1nc2sc3c(c2c(=O)n1-c1ccc(Cl)cc1)CCC3)Nc1ccccc1Br. The first-order valence-corrected chi connectivity index (χ1v) is 13.0. The Bertz CT molecular complexity index is 1400. The van der Waals surface area contributed by atoms with Crippen LogP contribution in [0.4, 0.5) is 5.69 Å². The number of aromatic nitrogens is 2. The molecule has 162 valence electrons. The number of aryl methyl sites for hydroxylation is 2. The average Bonchev–Trinajstić information content (AvgIpc) is 3.36. The lowest BCUT2D eigenvalue weighted by atomic mass is 10.2. The van der Waals surface area contributed by atoms with Crippen molar-refractivity contribution in [1.29, 1.82) is 0 Å². The van der Waals surface area contributed by atoms with Crippen LogP contribution < -0.4 is 10.9 Å². The van der Waals surface area contributed by atoms with Crippen molar-refractivity contribution < 1.29 is 4.79 Å². The first-order chi connectivity index (χ1) is 15.5. The highest BCUT2D eigenvalue weighted by molar-refractivity contribution is 9.10. The van der Waals surface area contributed by atoms with E-state index in [1.807, 2.05) is 24.3 Å². The molecule has 4 aromatic rings. The van der Waals surface area contributed by atoms with Gasteiger partial charge in [-0.3, -0.25) is 14.2 Å². The number of rotatable bonds is 5. The molecule has 5 nitrogen and oxygen atoms in total. The van der Waals surface area contributed by atoms with Crippen LogP contribution in [0.3, 0.4) is 0 Å². The number of thiophene rings is 1. The molecule has 2 aromatic heterocycles. The number of hydrogen-bond acceptors (Lipinski definition) is 5. The molecular formula is C23H17BrClN3O2S2. The molecule has 9 heteroatoms. The fraction of sp³-hybridized carbons (Fsp3) is 0.174. The Morgan fingerprint density at radius 2 is 1.97 bits per heavy atom. The summed E-state index contributed by atoms with van der Waals surface area (Å²) in [5.41, 5.74) is 2.42. The van der Waals surface area contributed by atoms with Gasteiger partial charge in [0.05, 0.1) is 22.5 Å². The smallest absolute Gasteiger partial charge is 0.267 e. The third-order valence-electron chi connectivity index (χ3n) is 5.27. The Morgan fingerprint density at radius 3 is 2.75 bits per heavy atom. The third-order valence-corrected chi connectivity index (χ3v) is 8.34. The summed E-state index contributed by atoms with van der Waals surface area (Å²) in [6.07, 6.45) is 2.98. The predicted octanol–water partition coefficient (Wildman–Crippen LogP) is 6.08. The van der Waals surface area contributed by atoms with Gasteiger partial charge in [-0.2, -0.15) is 0 Å². The lowest BCUT2D eigenvalue weighted by molar-refractivity contribution is -0.113. The zero-order valence-corrected chi connectivity index (χ0v) is 20.7. The van der Waals surface area contributed by atoms with Crippen molar-refractivity contribution in [2.75, 3.05) is 11.1 Å². The molecule has 0 unspecified atom stereocenters. The minimum atomic E-state index is -0.174. The molecule has 0 saturated carbocycles. The number of fused-ring (bicyclic) bond motifs is 3. The molecule has 0 aliphatic heterocycles. The van der Waals surface area contributed by atoms with Gasteiger partial charge < -0.3 is 5.32 Å². The summed E-state index contributed by atoms with van der Waals surface area (Å²) >= 11 is 12.3. The molecule has 0 spiro atoms. The normalized spacial score (nSPS) is 12.8. The van der Waals surface area contributed by atoms with Gasteiger partial charge in [0, 0.05) is 14.4 Å². The predicted molar refractivity (Wildman–Crippen MR) is 136 cm³/mol. The standard InChI is InChI=1S/C23H17BrClN3O2S2/c24-16-5-1-2-6-17(16)26-19(29)12-31-23-27-21-20(15-4-3-7-18(15)32-21)22(30)28(23)14-10-8-13(25)9-11-14/h1-2,5-6,8-11H,3-4,7,12H2,(H,26,29). The molecule has 32 heavy (non-hydrogen) atoms. The second kappa shape index (κ2) is 9.02. The summed E-state index contributed by atoms with van der Waals surface area (Å²) in [4.78, 5) is 33.0. The van der Waals surface area contributed by atoms with E-state index in [-0.39, 0.29) is 17.2 Å². The van der Waals surface area contributed by atoms with E-state index in [0.717, 1.165) is 34.1 Å². The molecule has 1 aliphatic rings. The summed E-state index contributed by atoms with van der Waals surface area (Å²) in [7, 11) is 0. The number of halogens is 2. The number of amides is 1. The molecule has 2 heterocycles. The van der Waals surface area contributed by atoms with Crippen LogP contribution in [0.15, 0.2) is 63.0 Å². The van der Waals surface area contributed by atoms with E-state index in [9.17, 15) is 9.59 Å². The van der Waals surface area contributed by atoms with Crippen LogP contribution in [-0.2, 0) is 17.6 Å². The number of carbonyl (C=O) groups is 1. The zero-order chi connectivity index (χ0) is 22.2. The Kier molecular flexibility index (Phi) is 6.11. The van der Waals surface area contributed by atoms with Crippen molar-refractivity contribution in [2.24, 2.45) is 0 Å². The lowest BCUT2D eigenvalue weighted by Crippen LogP contribution is -2.23. The number of thioether (sulfide) groups is 1. The van der Waals surface area contributed by atoms with Gasteiger partial charge in [-0.05, 0) is 77.2 Å². The topological polar surface area (TPSA) is 64.0 Å². The van der Waals surface area contributed by atoms with Gasteiger partial charge in [0.15, 0.2) is 5.16 Å². The monoisotopic (exact) mass is 545 g/mol. The van der Waals surface area contributed by atoms with Crippen molar-refractivity contribution in [1.82, 2.24) is 9.55 Å². The molecule has 1 amide bonds. The van der Waals surface area contributed by atoms with E-state index in [0.29, 0.717) is 26.9 Å². The van der Waals surface area contributed by atoms with Gasteiger partial charge in [0.2, 0.25) is 5.91 Å². The Morgan fingerprint density at radius 1 is 1.19 bits per heavy atom.